The molecule has 0 aliphatic carbocycles. The Morgan fingerprint density at radius 3 is 2.27 bits per heavy atom. The van der Waals surface area contributed by atoms with Gasteiger partial charge in [-0.1, -0.05) is 17.7 Å². The van der Waals surface area contributed by atoms with Gasteiger partial charge in [-0.05, 0) is 49.7 Å². The number of anilines is 5. The number of ether oxygens (including phenoxy) is 2. The van der Waals surface area contributed by atoms with Crippen molar-refractivity contribution >= 4 is 29.2 Å². The Hall–Kier alpha value is -3.39. The number of methoxy groups -OCH3 is 1. The number of nitrogens with zero attached hydrogens (tertiary/aromatic N) is 4. The van der Waals surface area contributed by atoms with Crippen LogP contribution in [0.5, 0.6) is 5.75 Å². The van der Waals surface area contributed by atoms with E-state index in [9.17, 15) is 0 Å². The zero-order chi connectivity index (χ0) is 20.9. The second kappa shape index (κ2) is 8.96. The monoisotopic (exact) mass is 406 g/mol. The van der Waals surface area contributed by atoms with Gasteiger partial charge in [0.25, 0.3) is 0 Å². The van der Waals surface area contributed by atoms with Crippen LogP contribution in [0.3, 0.4) is 0 Å². The fourth-order valence-corrected chi connectivity index (χ4v) is 3.26. The van der Waals surface area contributed by atoms with Crippen molar-refractivity contribution in [3.8, 4) is 5.75 Å². The molecule has 0 bridgehead atoms. The van der Waals surface area contributed by atoms with Crippen LogP contribution in [0.15, 0.2) is 42.5 Å². The molecule has 30 heavy (non-hydrogen) atoms. The van der Waals surface area contributed by atoms with Gasteiger partial charge in [-0.3, -0.25) is 0 Å². The van der Waals surface area contributed by atoms with E-state index >= 15 is 0 Å². The molecule has 0 saturated carbocycles. The first-order valence-electron chi connectivity index (χ1n) is 9.95. The predicted octanol–water partition coefficient (Wildman–Crippen LogP) is 3.82. The van der Waals surface area contributed by atoms with Gasteiger partial charge in [-0.2, -0.15) is 15.0 Å². The number of aromatic nitrogens is 3. The molecule has 1 aliphatic rings. The highest BCUT2D eigenvalue weighted by molar-refractivity contribution is 5.62. The molecule has 0 amide bonds. The number of hydrogen-bond acceptors (Lipinski definition) is 8. The Labute approximate surface area is 176 Å². The van der Waals surface area contributed by atoms with E-state index in [2.05, 4.69) is 56.5 Å². The van der Waals surface area contributed by atoms with E-state index in [0.717, 1.165) is 35.8 Å². The van der Waals surface area contributed by atoms with Crippen LogP contribution in [0, 0.1) is 13.8 Å². The molecule has 2 N–H and O–H groups in total. The maximum absolute atomic E-state index is 5.47. The van der Waals surface area contributed by atoms with E-state index < -0.39 is 0 Å². The van der Waals surface area contributed by atoms with Crippen molar-refractivity contribution in [2.45, 2.75) is 13.8 Å². The minimum absolute atomic E-state index is 0.476. The summed E-state index contributed by atoms with van der Waals surface area (Å²) in [6.45, 7) is 6.95. The Morgan fingerprint density at radius 2 is 1.60 bits per heavy atom. The van der Waals surface area contributed by atoms with Crippen molar-refractivity contribution in [1.82, 2.24) is 15.0 Å². The van der Waals surface area contributed by atoms with E-state index in [0.29, 0.717) is 31.1 Å². The molecule has 2 heterocycles. The van der Waals surface area contributed by atoms with Crippen LogP contribution in [-0.2, 0) is 4.74 Å². The normalized spacial score (nSPS) is 13.8. The summed E-state index contributed by atoms with van der Waals surface area (Å²) in [7, 11) is 1.65. The lowest BCUT2D eigenvalue weighted by Gasteiger charge is -2.27. The van der Waals surface area contributed by atoms with E-state index in [1.165, 1.54) is 5.56 Å². The predicted molar refractivity (Wildman–Crippen MR) is 118 cm³/mol. The first-order chi connectivity index (χ1) is 14.6. The molecule has 1 aromatic heterocycles. The number of hydrogen-bond donors (Lipinski definition) is 2. The lowest BCUT2D eigenvalue weighted by molar-refractivity contribution is 0.122. The molecule has 156 valence electrons. The van der Waals surface area contributed by atoms with Gasteiger partial charge in [0.1, 0.15) is 5.75 Å². The molecule has 4 rings (SSSR count). The largest absolute Gasteiger partial charge is 0.497 e. The highest BCUT2D eigenvalue weighted by Gasteiger charge is 2.17. The number of aryl methyl sites for hydroxylation is 2. The van der Waals surface area contributed by atoms with Gasteiger partial charge in [-0.15, -0.1) is 0 Å². The topological polar surface area (TPSA) is 84.4 Å². The van der Waals surface area contributed by atoms with Gasteiger partial charge >= 0.3 is 0 Å². The van der Waals surface area contributed by atoms with E-state index in [4.69, 9.17) is 9.47 Å². The van der Waals surface area contributed by atoms with Gasteiger partial charge in [0, 0.05) is 24.5 Å². The first-order valence-corrected chi connectivity index (χ1v) is 9.95. The zero-order valence-corrected chi connectivity index (χ0v) is 17.5. The highest BCUT2D eigenvalue weighted by Crippen LogP contribution is 2.24. The second-order valence-corrected chi connectivity index (χ2v) is 7.18. The van der Waals surface area contributed by atoms with Crippen LogP contribution in [0.1, 0.15) is 11.1 Å². The van der Waals surface area contributed by atoms with Gasteiger partial charge in [-0.25, -0.2) is 0 Å². The molecular formula is C22H26N6O2. The Kier molecular flexibility index (Phi) is 5.94. The Balaban J connectivity index is 1.64. The van der Waals surface area contributed by atoms with Crippen LogP contribution in [0.4, 0.5) is 29.2 Å². The zero-order valence-electron chi connectivity index (χ0n) is 17.5. The van der Waals surface area contributed by atoms with Crippen LogP contribution >= 0.6 is 0 Å². The molecule has 0 unspecified atom stereocenters. The minimum atomic E-state index is 0.476. The minimum Gasteiger partial charge on any atom is -0.497 e. The highest BCUT2D eigenvalue weighted by atomic mass is 16.5. The van der Waals surface area contributed by atoms with Crippen LogP contribution in [0.25, 0.3) is 0 Å². The summed E-state index contributed by atoms with van der Waals surface area (Å²) in [4.78, 5) is 16.0. The Bertz CT molecular complexity index is 1000. The van der Waals surface area contributed by atoms with E-state index in [-0.39, 0.29) is 0 Å². The lowest BCUT2D eigenvalue weighted by atomic mass is 10.1. The summed E-state index contributed by atoms with van der Waals surface area (Å²) in [5.74, 6) is 2.39. The average Bonchev–Trinajstić information content (AvgIpc) is 2.77. The maximum atomic E-state index is 5.47. The third-order valence-electron chi connectivity index (χ3n) is 4.89. The van der Waals surface area contributed by atoms with Crippen molar-refractivity contribution in [1.29, 1.82) is 0 Å². The van der Waals surface area contributed by atoms with Gasteiger partial charge in [0.15, 0.2) is 0 Å². The van der Waals surface area contributed by atoms with E-state index in [1.807, 2.05) is 30.3 Å². The molecule has 0 spiro atoms. The molecule has 8 heteroatoms. The Morgan fingerprint density at radius 1 is 0.900 bits per heavy atom. The van der Waals surface area contributed by atoms with E-state index in [1.54, 1.807) is 7.11 Å². The summed E-state index contributed by atoms with van der Waals surface area (Å²) in [5, 5.41) is 6.61. The fraction of sp³-hybridized carbons (Fsp3) is 0.318. The van der Waals surface area contributed by atoms with Crippen molar-refractivity contribution in [2.24, 2.45) is 0 Å². The van der Waals surface area contributed by atoms with Crippen molar-refractivity contribution < 1.29 is 9.47 Å². The summed E-state index contributed by atoms with van der Waals surface area (Å²) in [6, 6.07) is 13.9. The van der Waals surface area contributed by atoms with Crippen molar-refractivity contribution in [3.63, 3.8) is 0 Å². The molecule has 0 radical (unpaired) electrons. The number of benzene rings is 2. The first kappa shape index (κ1) is 19.9. The SMILES string of the molecule is COc1ccc(Nc2nc(Nc3ccc(C)cc3C)nc(N3CCOCC3)n2)cc1. The molecule has 8 nitrogen and oxygen atoms in total. The maximum Gasteiger partial charge on any atom is 0.233 e. The number of rotatable bonds is 6. The fourth-order valence-electron chi connectivity index (χ4n) is 3.26. The second-order valence-electron chi connectivity index (χ2n) is 7.18. The third-order valence-corrected chi connectivity index (χ3v) is 4.89. The van der Waals surface area contributed by atoms with Crippen LogP contribution in [0.2, 0.25) is 0 Å². The average molecular weight is 406 g/mol. The summed E-state index contributed by atoms with van der Waals surface area (Å²) in [5.41, 5.74) is 4.18. The molecule has 1 saturated heterocycles. The van der Waals surface area contributed by atoms with Crippen LogP contribution < -0.4 is 20.3 Å². The molecular weight excluding hydrogens is 380 g/mol. The van der Waals surface area contributed by atoms with Crippen molar-refractivity contribution in [2.75, 3.05) is 48.9 Å². The molecule has 0 atom stereocenters. The van der Waals surface area contributed by atoms with Gasteiger partial charge in [0.2, 0.25) is 17.8 Å². The number of morpholine rings is 1. The van der Waals surface area contributed by atoms with Gasteiger partial charge < -0.3 is 25.0 Å². The molecule has 1 fully saturated rings. The summed E-state index contributed by atoms with van der Waals surface area (Å²) >= 11 is 0. The summed E-state index contributed by atoms with van der Waals surface area (Å²) < 4.78 is 10.7. The summed E-state index contributed by atoms with van der Waals surface area (Å²) in [6.07, 6.45) is 0. The third kappa shape index (κ3) is 4.77. The number of nitrogens with one attached hydrogen (secondary N) is 2. The smallest absolute Gasteiger partial charge is 0.233 e. The molecule has 3 aromatic rings. The van der Waals surface area contributed by atoms with Gasteiger partial charge in [0.05, 0.1) is 20.3 Å². The van der Waals surface area contributed by atoms with Crippen molar-refractivity contribution in [3.05, 3.63) is 53.6 Å². The quantitative estimate of drug-likeness (QED) is 0.639. The molecule has 1 aliphatic heterocycles. The van der Waals surface area contributed by atoms with Crippen LogP contribution in [-0.4, -0.2) is 48.4 Å². The standard InChI is InChI=1S/C22H26N6O2/c1-15-4-9-19(16(2)14-15)24-21-25-20(23-17-5-7-18(29-3)8-6-17)26-22(27-21)28-10-12-30-13-11-28/h4-9,14H,10-13H2,1-3H3,(H2,23,24,25,26,27). The molecule has 2 aromatic carbocycles. The lowest BCUT2D eigenvalue weighted by Crippen LogP contribution is -2.37.